The molecular formula is C14H18N4O3. The number of carbonyl (C=O) groups excluding carboxylic acids is 1. The van der Waals surface area contributed by atoms with Gasteiger partial charge in [0.1, 0.15) is 24.2 Å². The fraction of sp³-hybridized carbons (Fsp3) is 0.357. The lowest BCUT2D eigenvalue weighted by molar-refractivity contribution is 0.0596. The highest BCUT2D eigenvalue weighted by Gasteiger charge is 2.17. The van der Waals surface area contributed by atoms with Crippen molar-refractivity contribution in [2.75, 3.05) is 12.8 Å². The quantitative estimate of drug-likeness (QED) is 0.667. The van der Waals surface area contributed by atoms with Crippen LogP contribution in [0, 0.1) is 0 Å². The number of nitrogen functional groups attached to an aromatic ring is 1. The lowest BCUT2D eigenvalue weighted by Crippen LogP contribution is -2.13. The molecule has 7 nitrogen and oxygen atoms in total. The molecule has 1 heterocycles. The number of hydrogen-bond donors (Lipinski definition) is 1. The molecule has 1 aromatic heterocycles. The van der Waals surface area contributed by atoms with E-state index in [1.807, 2.05) is 13.8 Å². The minimum atomic E-state index is -0.534. The second kappa shape index (κ2) is 6.25. The molecule has 0 fully saturated rings. The number of carbonyl (C=O) groups is 1. The van der Waals surface area contributed by atoms with E-state index < -0.39 is 5.97 Å². The summed E-state index contributed by atoms with van der Waals surface area (Å²) in [5.74, 6) is 0.497. The van der Waals surface area contributed by atoms with Crippen molar-refractivity contribution in [3.8, 4) is 5.75 Å². The predicted molar refractivity (Wildman–Crippen MR) is 76.9 cm³/mol. The van der Waals surface area contributed by atoms with Crippen molar-refractivity contribution in [1.82, 2.24) is 14.8 Å². The summed E-state index contributed by atoms with van der Waals surface area (Å²) in [5.41, 5.74) is 6.34. The van der Waals surface area contributed by atoms with E-state index >= 15 is 0 Å². The van der Waals surface area contributed by atoms with Gasteiger partial charge in [0.15, 0.2) is 5.82 Å². The Hall–Kier alpha value is -2.57. The number of esters is 1. The van der Waals surface area contributed by atoms with Crippen LogP contribution in [0.3, 0.4) is 0 Å². The number of benzene rings is 1. The summed E-state index contributed by atoms with van der Waals surface area (Å²) in [7, 11) is 1.30. The summed E-state index contributed by atoms with van der Waals surface area (Å²) in [4.78, 5) is 15.9. The molecule has 7 heteroatoms. The molecule has 2 aromatic rings. The van der Waals surface area contributed by atoms with Gasteiger partial charge in [0.05, 0.1) is 7.11 Å². The molecule has 112 valence electrons. The molecule has 0 atom stereocenters. The second-order valence-corrected chi connectivity index (χ2v) is 4.72. The molecule has 1 aromatic carbocycles. The van der Waals surface area contributed by atoms with Crippen molar-refractivity contribution in [2.24, 2.45) is 0 Å². The van der Waals surface area contributed by atoms with Gasteiger partial charge in [0, 0.05) is 11.7 Å². The maximum Gasteiger partial charge on any atom is 0.343 e. The zero-order valence-corrected chi connectivity index (χ0v) is 12.2. The van der Waals surface area contributed by atoms with Gasteiger partial charge >= 0.3 is 5.97 Å². The zero-order chi connectivity index (χ0) is 15.4. The van der Waals surface area contributed by atoms with E-state index in [4.69, 9.17) is 15.2 Å². The minimum absolute atomic E-state index is 0.173. The average Bonchev–Trinajstić information content (AvgIpc) is 2.93. The first-order valence-electron chi connectivity index (χ1n) is 6.52. The van der Waals surface area contributed by atoms with Crippen LogP contribution in [0.4, 0.5) is 5.69 Å². The highest BCUT2D eigenvalue weighted by Crippen LogP contribution is 2.26. The summed E-state index contributed by atoms with van der Waals surface area (Å²) >= 11 is 0. The molecule has 0 bridgehead atoms. The number of anilines is 1. The number of ether oxygens (including phenoxy) is 2. The van der Waals surface area contributed by atoms with E-state index in [1.165, 1.54) is 13.4 Å². The van der Waals surface area contributed by atoms with Crippen LogP contribution in [-0.4, -0.2) is 27.8 Å². The molecule has 0 saturated heterocycles. The summed E-state index contributed by atoms with van der Waals surface area (Å²) in [5, 5.41) is 4.13. The fourth-order valence-electron chi connectivity index (χ4n) is 1.94. The molecule has 2 N–H and O–H groups in total. The van der Waals surface area contributed by atoms with E-state index in [2.05, 4.69) is 10.1 Å². The Morgan fingerprint density at radius 2 is 2.19 bits per heavy atom. The van der Waals surface area contributed by atoms with Gasteiger partial charge in [0.25, 0.3) is 0 Å². The molecule has 2 rings (SSSR count). The van der Waals surface area contributed by atoms with Crippen LogP contribution >= 0.6 is 0 Å². The summed E-state index contributed by atoms with van der Waals surface area (Å²) in [6.45, 7) is 4.18. The molecule has 0 saturated carbocycles. The smallest absolute Gasteiger partial charge is 0.343 e. The molecule has 0 aliphatic heterocycles. The summed E-state index contributed by atoms with van der Waals surface area (Å²) in [6, 6.07) is 5.17. The summed E-state index contributed by atoms with van der Waals surface area (Å²) in [6.07, 6.45) is 1.47. The first kappa shape index (κ1) is 14.8. The Kier molecular flexibility index (Phi) is 4.42. The number of methoxy groups -OCH3 is 1. The largest absolute Gasteiger partial charge is 0.485 e. The van der Waals surface area contributed by atoms with Gasteiger partial charge in [-0.25, -0.2) is 14.5 Å². The van der Waals surface area contributed by atoms with Gasteiger partial charge in [-0.2, -0.15) is 5.10 Å². The van der Waals surface area contributed by atoms with E-state index in [0.29, 0.717) is 17.3 Å². The lowest BCUT2D eigenvalue weighted by atomic mass is 10.1. The van der Waals surface area contributed by atoms with Crippen LogP contribution < -0.4 is 10.5 Å². The second-order valence-electron chi connectivity index (χ2n) is 4.72. The number of rotatable bonds is 5. The van der Waals surface area contributed by atoms with Gasteiger partial charge in [-0.15, -0.1) is 0 Å². The monoisotopic (exact) mass is 290 g/mol. The minimum Gasteiger partial charge on any atom is -0.485 e. The Morgan fingerprint density at radius 3 is 2.86 bits per heavy atom. The molecule has 0 spiro atoms. The maximum absolute atomic E-state index is 11.8. The molecule has 0 unspecified atom stereocenters. The SMILES string of the molecule is COC(=O)c1c(N)cccc1OCc1ncnn1C(C)C. The first-order chi connectivity index (χ1) is 10.0. The average molecular weight is 290 g/mol. The zero-order valence-electron chi connectivity index (χ0n) is 12.2. The van der Waals surface area contributed by atoms with Gasteiger partial charge < -0.3 is 15.2 Å². The van der Waals surface area contributed by atoms with Gasteiger partial charge in [-0.3, -0.25) is 0 Å². The Bertz CT molecular complexity index is 637. The molecule has 0 aliphatic carbocycles. The van der Waals surface area contributed by atoms with Crippen molar-refractivity contribution in [1.29, 1.82) is 0 Å². The van der Waals surface area contributed by atoms with Crippen molar-refractivity contribution in [3.63, 3.8) is 0 Å². The number of nitrogens with zero attached hydrogens (tertiary/aromatic N) is 3. The van der Waals surface area contributed by atoms with E-state index in [1.54, 1.807) is 22.9 Å². The van der Waals surface area contributed by atoms with Crippen LogP contribution in [0.5, 0.6) is 5.75 Å². The first-order valence-corrected chi connectivity index (χ1v) is 6.52. The van der Waals surface area contributed by atoms with E-state index in [9.17, 15) is 4.79 Å². The fourth-order valence-corrected chi connectivity index (χ4v) is 1.94. The highest BCUT2D eigenvalue weighted by atomic mass is 16.5. The predicted octanol–water partition coefficient (Wildman–Crippen LogP) is 1.81. The molecule has 0 aliphatic rings. The normalized spacial score (nSPS) is 10.7. The highest BCUT2D eigenvalue weighted by molar-refractivity contribution is 5.98. The summed E-state index contributed by atoms with van der Waals surface area (Å²) < 4.78 is 12.2. The van der Waals surface area contributed by atoms with E-state index in [0.717, 1.165) is 0 Å². The van der Waals surface area contributed by atoms with Crippen molar-refractivity contribution in [3.05, 3.63) is 35.9 Å². The van der Waals surface area contributed by atoms with Crippen molar-refractivity contribution >= 4 is 11.7 Å². The molecule has 0 radical (unpaired) electrons. The number of nitrogens with two attached hydrogens (primary N) is 1. The third kappa shape index (κ3) is 3.13. The van der Waals surface area contributed by atoms with Gasteiger partial charge in [-0.05, 0) is 26.0 Å². The van der Waals surface area contributed by atoms with Crippen LogP contribution in [-0.2, 0) is 11.3 Å². The van der Waals surface area contributed by atoms with Crippen LogP contribution in [0.15, 0.2) is 24.5 Å². The van der Waals surface area contributed by atoms with Crippen LogP contribution in [0.25, 0.3) is 0 Å². The molecular weight excluding hydrogens is 272 g/mol. The Balaban J connectivity index is 2.22. The number of aromatic nitrogens is 3. The third-order valence-electron chi connectivity index (χ3n) is 2.94. The maximum atomic E-state index is 11.8. The molecule has 21 heavy (non-hydrogen) atoms. The van der Waals surface area contributed by atoms with E-state index in [-0.39, 0.29) is 18.2 Å². The molecule has 0 amide bonds. The standard InChI is InChI=1S/C14H18N4O3/c1-9(2)18-12(16-8-17-18)7-21-11-6-4-5-10(15)13(11)14(19)20-3/h4-6,8-9H,7,15H2,1-3H3. The topological polar surface area (TPSA) is 92.3 Å². The Morgan fingerprint density at radius 1 is 1.43 bits per heavy atom. The van der Waals surface area contributed by atoms with Gasteiger partial charge in [0.2, 0.25) is 0 Å². The van der Waals surface area contributed by atoms with Crippen LogP contribution in [0.1, 0.15) is 36.1 Å². The third-order valence-corrected chi connectivity index (χ3v) is 2.94. The Labute approximate surface area is 122 Å². The number of hydrogen-bond acceptors (Lipinski definition) is 6. The van der Waals surface area contributed by atoms with Crippen LogP contribution in [0.2, 0.25) is 0 Å². The van der Waals surface area contributed by atoms with Crippen molar-refractivity contribution in [2.45, 2.75) is 26.5 Å². The lowest BCUT2D eigenvalue weighted by Gasteiger charge is -2.13. The van der Waals surface area contributed by atoms with Crippen molar-refractivity contribution < 1.29 is 14.3 Å². The van der Waals surface area contributed by atoms with Gasteiger partial charge in [-0.1, -0.05) is 6.07 Å².